The van der Waals surface area contributed by atoms with Gasteiger partial charge in [0.1, 0.15) is 12.5 Å². The minimum Gasteiger partial charge on any atom is -0.460 e. The van der Waals surface area contributed by atoms with Crippen molar-refractivity contribution in [2.75, 3.05) is 0 Å². The molecule has 1 atom stereocenters. The largest absolute Gasteiger partial charge is 0.460 e. The van der Waals surface area contributed by atoms with Crippen LogP contribution in [0, 0.1) is 5.92 Å². The Morgan fingerprint density at radius 3 is 2.62 bits per heavy atom. The fourth-order valence-corrected chi connectivity index (χ4v) is 2.75. The quantitative estimate of drug-likeness (QED) is 0.644. The van der Waals surface area contributed by atoms with Crippen molar-refractivity contribution < 1.29 is 14.3 Å². The highest BCUT2D eigenvalue weighted by molar-refractivity contribution is 6.32. The Morgan fingerprint density at radius 2 is 1.90 bits per heavy atom. The molecule has 0 saturated heterocycles. The Labute approximate surface area is 127 Å². The predicted molar refractivity (Wildman–Crippen MR) is 79.2 cm³/mol. The Balaban J connectivity index is 1.70. The van der Waals surface area contributed by atoms with Gasteiger partial charge < -0.3 is 4.74 Å². The Hall–Kier alpha value is -2.13. The number of carbonyl (C=O) groups is 2. The number of Topliss-reactive ketones (excluding diaryl/α,β-unsaturated/α-hetero) is 1. The van der Waals surface area contributed by atoms with Gasteiger partial charge in [0.2, 0.25) is 0 Å². The Bertz CT molecular complexity index is 694. The summed E-state index contributed by atoms with van der Waals surface area (Å²) in [4.78, 5) is 24.4. The molecule has 0 bridgehead atoms. The number of fused-ring (bicyclic) bond motifs is 1. The summed E-state index contributed by atoms with van der Waals surface area (Å²) in [5.74, 6) is -1.47. The highest BCUT2D eigenvalue weighted by Crippen LogP contribution is 2.32. The molecule has 3 rings (SSSR count). The lowest BCUT2D eigenvalue weighted by Crippen LogP contribution is -2.23. The molecule has 0 aliphatic heterocycles. The van der Waals surface area contributed by atoms with Gasteiger partial charge in [-0.1, -0.05) is 54.1 Å². The summed E-state index contributed by atoms with van der Waals surface area (Å²) in [5.41, 5.74) is 2.17. The molecule has 0 saturated carbocycles. The first-order valence-electron chi connectivity index (χ1n) is 6.69. The van der Waals surface area contributed by atoms with Crippen LogP contribution in [0.4, 0.5) is 0 Å². The van der Waals surface area contributed by atoms with Crippen LogP contribution in [0.2, 0.25) is 5.02 Å². The minimum absolute atomic E-state index is 0.174. The standard InChI is InChI=1S/C17H13ClO3/c18-15-8-4-7-12-13(15)9-14(16(12)19)17(20)21-10-11-5-2-1-3-6-11/h1-8,14H,9-10H2. The van der Waals surface area contributed by atoms with Crippen LogP contribution in [0.1, 0.15) is 21.5 Å². The molecule has 0 radical (unpaired) electrons. The number of hydrogen-bond acceptors (Lipinski definition) is 3. The molecule has 106 valence electrons. The first-order valence-corrected chi connectivity index (χ1v) is 7.07. The third-order valence-corrected chi connectivity index (χ3v) is 3.97. The number of esters is 1. The normalized spacial score (nSPS) is 16.6. The van der Waals surface area contributed by atoms with E-state index in [1.54, 1.807) is 18.2 Å². The molecule has 1 aliphatic carbocycles. The predicted octanol–water partition coefficient (Wildman–Crippen LogP) is 3.44. The van der Waals surface area contributed by atoms with E-state index in [4.69, 9.17) is 16.3 Å². The van der Waals surface area contributed by atoms with E-state index in [0.717, 1.165) is 11.1 Å². The molecule has 0 aromatic heterocycles. The number of ketones is 1. The number of ether oxygens (including phenoxy) is 1. The maximum absolute atomic E-state index is 12.2. The van der Waals surface area contributed by atoms with E-state index in [1.165, 1.54) is 0 Å². The number of hydrogen-bond donors (Lipinski definition) is 0. The molecule has 3 nitrogen and oxygen atoms in total. The maximum Gasteiger partial charge on any atom is 0.317 e. The fraction of sp³-hybridized carbons (Fsp3) is 0.176. The highest BCUT2D eigenvalue weighted by atomic mass is 35.5. The second-order valence-electron chi connectivity index (χ2n) is 4.98. The minimum atomic E-state index is -0.774. The van der Waals surface area contributed by atoms with Gasteiger partial charge in [-0.3, -0.25) is 9.59 Å². The van der Waals surface area contributed by atoms with E-state index in [1.807, 2.05) is 30.3 Å². The molecule has 1 unspecified atom stereocenters. The van der Waals surface area contributed by atoms with Crippen molar-refractivity contribution in [1.29, 1.82) is 0 Å². The number of rotatable bonds is 3. The third kappa shape index (κ3) is 2.69. The molecule has 0 amide bonds. The van der Waals surface area contributed by atoms with Gasteiger partial charge in [0.15, 0.2) is 5.78 Å². The summed E-state index contributed by atoms with van der Waals surface area (Å²) in [6.07, 6.45) is 0.321. The van der Waals surface area contributed by atoms with Crippen LogP contribution in [-0.2, 0) is 22.6 Å². The van der Waals surface area contributed by atoms with E-state index in [-0.39, 0.29) is 12.4 Å². The van der Waals surface area contributed by atoms with Crippen molar-refractivity contribution in [3.8, 4) is 0 Å². The summed E-state index contributed by atoms with van der Waals surface area (Å²) in [5, 5.41) is 0.527. The van der Waals surface area contributed by atoms with Crippen LogP contribution < -0.4 is 0 Å². The monoisotopic (exact) mass is 300 g/mol. The van der Waals surface area contributed by atoms with Crippen LogP contribution in [-0.4, -0.2) is 11.8 Å². The number of carbonyl (C=O) groups excluding carboxylic acids is 2. The summed E-state index contributed by atoms with van der Waals surface area (Å²) in [6.45, 7) is 0.174. The lowest BCUT2D eigenvalue weighted by molar-refractivity contribution is -0.147. The first-order chi connectivity index (χ1) is 10.2. The van der Waals surface area contributed by atoms with E-state index in [9.17, 15) is 9.59 Å². The van der Waals surface area contributed by atoms with Crippen LogP contribution in [0.5, 0.6) is 0 Å². The van der Waals surface area contributed by atoms with Gasteiger partial charge in [-0.2, -0.15) is 0 Å². The van der Waals surface area contributed by atoms with Gasteiger partial charge in [-0.15, -0.1) is 0 Å². The van der Waals surface area contributed by atoms with Crippen molar-refractivity contribution in [2.24, 2.45) is 5.92 Å². The van der Waals surface area contributed by atoms with E-state index >= 15 is 0 Å². The summed E-state index contributed by atoms with van der Waals surface area (Å²) in [7, 11) is 0. The van der Waals surface area contributed by atoms with Gasteiger partial charge in [-0.25, -0.2) is 0 Å². The molecule has 0 fully saturated rings. The molecule has 2 aromatic rings. The molecular weight excluding hydrogens is 288 g/mol. The highest BCUT2D eigenvalue weighted by Gasteiger charge is 2.37. The van der Waals surface area contributed by atoms with Crippen LogP contribution in [0.15, 0.2) is 48.5 Å². The van der Waals surface area contributed by atoms with Crippen molar-refractivity contribution >= 4 is 23.4 Å². The van der Waals surface area contributed by atoms with Gasteiger partial charge in [-0.05, 0) is 23.6 Å². The van der Waals surface area contributed by atoms with E-state index in [2.05, 4.69) is 0 Å². The molecule has 0 spiro atoms. The zero-order chi connectivity index (χ0) is 14.8. The van der Waals surface area contributed by atoms with Crippen molar-refractivity contribution in [3.05, 3.63) is 70.2 Å². The number of halogens is 1. The Morgan fingerprint density at radius 1 is 1.14 bits per heavy atom. The van der Waals surface area contributed by atoms with Gasteiger partial charge in [0.25, 0.3) is 0 Å². The van der Waals surface area contributed by atoms with Crippen molar-refractivity contribution in [2.45, 2.75) is 13.0 Å². The fourth-order valence-electron chi connectivity index (χ4n) is 2.50. The molecular formula is C17H13ClO3. The van der Waals surface area contributed by atoms with E-state index < -0.39 is 11.9 Å². The number of benzene rings is 2. The lowest BCUT2D eigenvalue weighted by atomic mass is 10.1. The summed E-state index contributed by atoms with van der Waals surface area (Å²) in [6, 6.07) is 14.5. The average Bonchev–Trinajstić information content (AvgIpc) is 2.85. The topological polar surface area (TPSA) is 43.4 Å². The van der Waals surface area contributed by atoms with Crippen molar-refractivity contribution in [3.63, 3.8) is 0 Å². The molecule has 4 heteroatoms. The average molecular weight is 301 g/mol. The second-order valence-corrected chi connectivity index (χ2v) is 5.39. The van der Waals surface area contributed by atoms with E-state index in [0.29, 0.717) is 17.0 Å². The lowest BCUT2D eigenvalue weighted by Gasteiger charge is -2.08. The van der Waals surface area contributed by atoms with Gasteiger partial charge in [0, 0.05) is 10.6 Å². The maximum atomic E-state index is 12.2. The van der Waals surface area contributed by atoms with Crippen molar-refractivity contribution in [1.82, 2.24) is 0 Å². The summed E-state index contributed by atoms with van der Waals surface area (Å²) >= 11 is 6.07. The molecule has 0 heterocycles. The molecule has 1 aliphatic rings. The zero-order valence-electron chi connectivity index (χ0n) is 11.2. The Kier molecular flexibility index (Phi) is 3.76. The van der Waals surface area contributed by atoms with Crippen LogP contribution >= 0.6 is 11.6 Å². The van der Waals surface area contributed by atoms with Crippen LogP contribution in [0.25, 0.3) is 0 Å². The first kappa shape index (κ1) is 13.8. The molecule has 0 N–H and O–H groups in total. The van der Waals surface area contributed by atoms with Crippen LogP contribution in [0.3, 0.4) is 0 Å². The third-order valence-electron chi connectivity index (χ3n) is 3.62. The van der Waals surface area contributed by atoms with Gasteiger partial charge in [0.05, 0.1) is 0 Å². The second kappa shape index (κ2) is 5.70. The SMILES string of the molecule is O=C(OCc1ccccc1)C1Cc2c(Cl)cccc2C1=O. The molecule has 2 aromatic carbocycles. The smallest absolute Gasteiger partial charge is 0.317 e. The zero-order valence-corrected chi connectivity index (χ0v) is 12.0. The molecule has 21 heavy (non-hydrogen) atoms. The summed E-state index contributed by atoms with van der Waals surface area (Å²) < 4.78 is 5.25. The van der Waals surface area contributed by atoms with Gasteiger partial charge >= 0.3 is 5.97 Å².